The fraction of sp³-hybridized carbons (Fsp3) is 0.486. The number of aliphatic hydroxyl groups is 1. The molecule has 1 unspecified atom stereocenters. The van der Waals surface area contributed by atoms with E-state index in [1.54, 1.807) is 24.0 Å². The molecule has 48 heavy (non-hydrogen) atoms. The average Bonchev–Trinajstić information content (AvgIpc) is 3.46. The third-order valence-corrected chi connectivity index (χ3v) is 15.3. The summed E-state index contributed by atoms with van der Waals surface area (Å²) >= 11 is 3.13. The maximum absolute atomic E-state index is 14.4. The van der Waals surface area contributed by atoms with Crippen LogP contribution in [-0.4, -0.2) is 84.6 Å². The zero-order valence-corrected chi connectivity index (χ0v) is 31.0. The molecule has 4 aliphatic rings. The van der Waals surface area contributed by atoms with E-state index in [4.69, 9.17) is 5.10 Å². The van der Waals surface area contributed by atoms with Crippen LogP contribution >= 0.6 is 15.9 Å². The molecule has 0 radical (unpaired) electrons. The minimum absolute atomic E-state index is 0.0155. The molecule has 8 rings (SSSR count). The predicted octanol–water partition coefficient (Wildman–Crippen LogP) is 1.46. The quantitative estimate of drug-likeness (QED) is 0.118. The number of pyridine rings is 1. The van der Waals surface area contributed by atoms with Gasteiger partial charge < -0.3 is 0 Å². The van der Waals surface area contributed by atoms with Crippen molar-refractivity contribution in [1.82, 2.24) is 34.5 Å². The van der Waals surface area contributed by atoms with Crippen molar-refractivity contribution in [2.75, 3.05) is 25.0 Å². The number of halogens is 2. The second-order valence-electron chi connectivity index (χ2n) is 13.9. The number of rotatable bonds is 8. The molecule has 0 spiro atoms. The van der Waals surface area contributed by atoms with Crippen LogP contribution in [0.3, 0.4) is 0 Å². The molecule has 2 N–H and O–H groups in total. The third kappa shape index (κ3) is 5.83. The number of carbonyl (C=O) groups excluding carboxylic acids is 2. The van der Waals surface area contributed by atoms with E-state index in [-0.39, 0.29) is 47.0 Å². The monoisotopic (exact) mass is 825 g/mol. The van der Waals surface area contributed by atoms with Crippen molar-refractivity contribution in [2.45, 2.75) is 72.6 Å². The number of hydrogen-bond donors (Lipinski definition) is 2. The van der Waals surface area contributed by atoms with E-state index in [0.717, 1.165) is 59.1 Å². The zero-order valence-electron chi connectivity index (χ0n) is 27.2. The van der Waals surface area contributed by atoms with Gasteiger partial charge in [0, 0.05) is 0 Å². The van der Waals surface area contributed by atoms with Gasteiger partial charge in [-0.3, -0.25) is 0 Å². The Hall–Kier alpha value is -3.01. The first-order valence-electron chi connectivity index (χ1n) is 16.7. The molecule has 6 heterocycles. The first-order valence-corrected chi connectivity index (χ1v) is 19.8. The molecule has 4 aromatic rings. The van der Waals surface area contributed by atoms with Crippen molar-refractivity contribution in [2.24, 2.45) is 11.8 Å². The van der Waals surface area contributed by atoms with E-state index in [1.807, 2.05) is 49.1 Å². The number of aryl methyl sites for hydroxylation is 2. The molecule has 1 aliphatic carbocycles. The van der Waals surface area contributed by atoms with Crippen molar-refractivity contribution in [3.8, 4) is 11.1 Å². The summed E-state index contributed by atoms with van der Waals surface area (Å²) in [6.45, 7) is 8.70. The number of alkyl halides is 2. The average molecular weight is 827 g/mol. The fourth-order valence-corrected chi connectivity index (χ4v) is 12.5. The molecule has 6 atom stereocenters. The van der Waals surface area contributed by atoms with Gasteiger partial charge in [-0.2, -0.15) is 0 Å². The number of nitrogens with one attached hydrogen (secondary N) is 1. The maximum atomic E-state index is 14.4. The number of fused-ring (bicyclic) bond motifs is 3. The number of benzene rings is 1. The molecule has 11 nitrogen and oxygen atoms in total. The molecule has 4 fully saturated rings. The summed E-state index contributed by atoms with van der Waals surface area (Å²) in [4.78, 5) is 46.1. The van der Waals surface area contributed by atoms with E-state index < -0.39 is 12.1 Å². The van der Waals surface area contributed by atoms with Crippen molar-refractivity contribution in [3.63, 3.8) is 0 Å². The van der Waals surface area contributed by atoms with Crippen LogP contribution in [0, 0.1) is 25.7 Å². The number of aliphatic hydroxyl groups excluding tert-OH is 1. The van der Waals surface area contributed by atoms with E-state index >= 15 is 0 Å². The van der Waals surface area contributed by atoms with Gasteiger partial charge >= 0.3 is 287 Å². The molecule has 0 bridgehead atoms. The Kier molecular flexibility index (Phi) is 8.32. The van der Waals surface area contributed by atoms with E-state index in [2.05, 4.69) is 41.1 Å². The van der Waals surface area contributed by atoms with Gasteiger partial charge in [-0.1, -0.05) is 0 Å². The molecule has 1 aromatic carbocycles. The van der Waals surface area contributed by atoms with Crippen molar-refractivity contribution >= 4 is 44.5 Å². The predicted molar refractivity (Wildman–Crippen MR) is 180 cm³/mol. The summed E-state index contributed by atoms with van der Waals surface area (Å²) in [5, 5.41) is 19.3. The van der Waals surface area contributed by atoms with Crippen LogP contribution in [0.5, 0.6) is 0 Å². The summed E-state index contributed by atoms with van der Waals surface area (Å²) in [7, 11) is 0. The van der Waals surface area contributed by atoms with E-state index in [1.165, 1.54) is 19.3 Å². The Morgan fingerprint density at radius 2 is 1.85 bits per heavy atom. The SMILES string of the molecule is Cc1ncc(-c2ccc3c(c2)c(C(C)O)nn3CC(=O)N2[C@H](C(=O)Nc3nc(Br)ccc3C)C[C@@]3(CN4C[C@H]5CCC[C@H]5C4)[I-][C@@H]23)cn1. The van der Waals surface area contributed by atoms with Gasteiger partial charge in [-0.05, 0) is 6.92 Å². The number of carbonyl (C=O) groups is 2. The second-order valence-corrected chi connectivity index (χ2v) is 18.7. The first kappa shape index (κ1) is 32.2. The number of likely N-dealkylation sites (tertiary alicyclic amines) is 2. The van der Waals surface area contributed by atoms with Gasteiger partial charge in [0.25, 0.3) is 0 Å². The summed E-state index contributed by atoms with van der Waals surface area (Å²) in [5.74, 6) is 2.50. The summed E-state index contributed by atoms with van der Waals surface area (Å²) < 4.78 is 2.47. The van der Waals surface area contributed by atoms with Crippen LogP contribution in [0.25, 0.3) is 22.0 Å². The minimum atomic E-state index is -0.832. The van der Waals surface area contributed by atoms with Crippen molar-refractivity contribution < 1.29 is 35.9 Å². The molecule has 252 valence electrons. The van der Waals surface area contributed by atoms with Crippen LogP contribution < -0.4 is 26.5 Å². The van der Waals surface area contributed by atoms with Gasteiger partial charge in [0.15, 0.2) is 0 Å². The molecule has 2 amide bonds. The number of amides is 2. The van der Waals surface area contributed by atoms with Gasteiger partial charge in [0.05, 0.1) is 0 Å². The normalized spacial score (nSPS) is 27.1. The Morgan fingerprint density at radius 3 is 2.58 bits per heavy atom. The van der Waals surface area contributed by atoms with Gasteiger partial charge in [-0.25, -0.2) is 0 Å². The molecule has 3 aromatic heterocycles. The molecule has 13 heteroatoms. The standard InChI is InChI=1S/C35H39BrIN8O3/c1-19-7-10-29(36)40-32(19)41-33(48)28-12-35(18-43-15-23-5-4-6-24(23)16-43)34(37-35)45(28)30(47)17-44-27-9-8-22(25-13-38-21(3)39-14-25)11-26(27)31(42-44)20(2)46/h7-11,13-14,20,23-24,28,34,46H,4-6,12,15-18H2,1-3H3,(H,40,41,48)/q-1/t20?,23-,24+,28-,34-,35-/m0/s1. The van der Waals surface area contributed by atoms with Crippen LogP contribution in [0.4, 0.5) is 5.82 Å². The fourth-order valence-electron chi connectivity index (χ4n) is 8.12. The Morgan fingerprint density at radius 1 is 1.10 bits per heavy atom. The topological polar surface area (TPSA) is 129 Å². The summed E-state index contributed by atoms with van der Waals surface area (Å²) in [5.41, 5.74) is 3.89. The molecule has 1 saturated carbocycles. The second kappa shape index (κ2) is 12.4. The zero-order chi connectivity index (χ0) is 33.3. The first-order chi connectivity index (χ1) is 23.1. The summed E-state index contributed by atoms with van der Waals surface area (Å²) in [6.07, 6.45) is 7.41. The Bertz CT molecular complexity index is 1910. The van der Waals surface area contributed by atoms with Crippen LogP contribution in [0.1, 0.15) is 55.8 Å². The molecular formula is C35H39BrIN8O3-. The van der Waals surface area contributed by atoms with Gasteiger partial charge in [0.1, 0.15) is 5.82 Å². The number of aromatic nitrogens is 5. The number of nitrogens with zero attached hydrogens (tertiary/aromatic N) is 7. The van der Waals surface area contributed by atoms with E-state index in [9.17, 15) is 14.7 Å². The molecule has 3 aliphatic heterocycles. The summed E-state index contributed by atoms with van der Waals surface area (Å²) in [6, 6.07) is 9.06. The van der Waals surface area contributed by atoms with Crippen LogP contribution in [0.15, 0.2) is 47.3 Å². The van der Waals surface area contributed by atoms with Crippen LogP contribution in [-0.2, 0) is 16.1 Å². The van der Waals surface area contributed by atoms with E-state index in [0.29, 0.717) is 28.4 Å². The van der Waals surface area contributed by atoms with Crippen molar-refractivity contribution in [1.29, 1.82) is 0 Å². The van der Waals surface area contributed by atoms with Gasteiger partial charge in [-0.15, -0.1) is 0 Å². The molecule has 3 saturated heterocycles. The number of anilines is 1. The van der Waals surface area contributed by atoms with Crippen molar-refractivity contribution in [3.05, 3.63) is 64.4 Å². The Labute approximate surface area is 298 Å². The van der Waals surface area contributed by atoms with Crippen LogP contribution in [0.2, 0.25) is 0 Å². The third-order valence-electron chi connectivity index (χ3n) is 10.6. The molecular weight excluding hydrogens is 787 g/mol. The van der Waals surface area contributed by atoms with Gasteiger partial charge in [0.2, 0.25) is 0 Å². The number of hydrogen-bond acceptors (Lipinski definition) is 8. The Balaban J connectivity index is 1.08.